The average Bonchev–Trinajstić information content (AvgIpc) is 2.21. The lowest BCUT2D eigenvalue weighted by atomic mass is 10.2. The zero-order valence-corrected chi connectivity index (χ0v) is 9.55. The first kappa shape index (κ1) is 11.6. The topological polar surface area (TPSA) is 6.48 Å². The standard InChI is InChI=1S/C12H22N2/c1-3-4-5-6-7-8-14-11-9-13(2)10-12-14/h5-12H2,1-2H3. The summed E-state index contributed by atoms with van der Waals surface area (Å²) in [5.41, 5.74) is 0. The van der Waals surface area contributed by atoms with E-state index >= 15 is 0 Å². The van der Waals surface area contributed by atoms with Crippen LogP contribution in [0.4, 0.5) is 0 Å². The van der Waals surface area contributed by atoms with Crippen molar-refractivity contribution in [1.29, 1.82) is 0 Å². The molecule has 14 heavy (non-hydrogen) atoms. The van der Waals surface area contributed by atoms with Crippen molar-refractivity contribution in [1.82, 2.24) is 9.80 Å². The number of rotatable bonds is 4. The molecular weight excluding hydrogens is 172 g/mol. The summed E-state index contributed by atoms with van der Waals surface area (Å²) < 4.78 is 0. The molecule has 2 nitrogen and oxygen atoms in total. The lowest BCUT2D eigenvalue weighted by molar-refractivity contribution is 0.152. The number of likely N-dealkylation sites (N-methyl/N-ethyl adjacent to an activating group) is 1. The van der Waals surface area contributed by atoms with Crippen LogP contribution in [0.3, 0.4) is 0 Å². The Labute approximate surface area is 88.3 Å². The van der Waals surface area contributed by atoms with Gasteiger partial charge in [0.15, 0.2) is 0 Å². The zero-order valence-electron chi connectivity index (χ0n) is 9.55. The van der Waals surface area contributed by atoms with E-state index in [1.54, 1.807) is 0 Å². The van der Waals surface area contributed by atoms with E-state index in [9.17, 15) is 0 Å². The van der Waals surface area contributed by atoms with Crippen molar-refractivity contribution in [2.45, 2.75) is 26.2 Å². The Balaban J connectivity index is 1.98. The first-order valence-corrected chi connectivity index (χ1v) is 5.63. The number of piperazine rings is 1. The van der Waals surface area contributed by atoms with Gasteiger partial charge in [0, 0.05) is 32.6 Å². The van der Waals surface area contributed by atoms with Crippen LogP contribution in [0.1, 0.15) is 26.2 Å². The molecule has 0 saturated carbocycles. The van der Waals surface area contributed by atoms with Gasteiger partial charge in [-0.25, -0.2) is 0 Å². The van der Waals surface area contributed by atoms with Gasteiger partial charge in [0.05, 0.1) is 0 Å². The Hall–Kier alpha value is -0.520. The molecule has 0 atom stereocenters. The van der Waals surface area contributed by atoms with Gasteiger partial charge in [0.1, 0.15) is 0 Å². The summed E-state index contributed by atoms with van der Waals surface area (Å²) in [6, 6.07) is 0. The highest BCUT2D eigenvalue weighted by molar-refractivity contribution is 4.94. The second kappa shape index (κ2) is 6.86. The molecule has 0 aliphatic carbocycles. The molecular formula is C12H22N2. The molecule has 1 saturated heterocycles. The largest absolute Gasteiger partial charge is 0.304 e. The third-order valence-corrected chi connectivity index (χ3v) is 2.80. The summed E-state index contributed by atoms with van der Waals surface area (Å²) in [5.74, 6) is 6.06. The molecule has 0 N–H and O–H groups in total. The summed E-state index contributed by atoms with van der Waals surface area (Å²) in [5, 5.41) is 0. The normalized spacial score (nSPS) is 19.0. The van der Waals surface area contributed by atoms with Crippen LogP contribution in [-0.4, -0.2) is 49.6 Å². The Morgan fingerprint density at radius 3 is 2.43 bits per heavy atom. The molecule has 0 radical (unpaired) electrons. The Morgan fingerprint density at radius 1 is 1.07 bits per heavy atom. The second-order valence-electron chi connectivity index (χ2n) is 4.03. The quantitative estimate of drug-likeness (QED) is 0.493. The summed E-state index contributed by atoms with van der Waals surface area (Å²) in [6.45, 7) is 8.13. The lowest BCUT2D eigenvalue weighted by Crippen LogP contribution is -2.44. The van der Waals surface area contributed by atoms with Gasteiger partial charge in [0.25, 0.3) is 0 Å². The maximum atomic E-state index is 3.12. The van der Waals surface area contributed by atoms with Gasteiger partial charge in [-0.2, -0.15) is 0 Å². The third-order valence-electron chi connectivity index (χ3n) is 2.80. The molecule has 80 valence electrons. The Bertz CT molecular complexity index is 194. The SMILES string of the molecule is CC#CCCCCN1CCN(C)CC1. The van der Waals surface area contributed by atoms with E-state index in [2.05, 4.69) is 28.7 Å². The first-order valence-electron chi connectivity index (χ1n) is 5.63. The van der Waals surface area contributed by atoms with E-state index in [1.165, 1.54) is 45.6 Å². The molecule has 1 aliphatic heterocycles. The van der Waals surface area contributed by atoms with Crippen molar-refractivity contribution in [2.75, 3.05) is 39.8 Å². The lowest BCUT2D eigenvalue weighted by Gasteiger charge is -2.32. The molecule has 1 heterocycles. The summed E-state index contributed by atoms with van der Waals surface area (Å²) in [7, 11) is 2.20. The van der Waals surface area contributed by atoms with E-state index < -0.39 is 0 Å². The van der Waals surface area contributed by atoms with Gasteiger partial charge in [-0.15, -0.1) is 11.8 Å². The zero-order chi connectivity index (χ0) is 10.2. The first-order chi connectivity index (χ1) is 6.83. The highest BCUT2D eigenvalue weighted by Crippen LogP contribution is 2.02. The van der Waals surface area contributed by atoms with Crippen molar-refractivity contribution < 1.29 is 0 Å². The minimum Gasteiger partial charge on any atom is -0.304 e. The average molecular weight is 194 g/mol. The van der Waals surface area contributed by atoms with Crippen molar-refractivity contribution in [3.63, 3.8) is 0 Å². The minimum absolute atomic E-state index is 1.07. The predicted molar refractivity (Wildman–Crippen MR) is 61.2 cm³/mol. The molecule has 1 fully saturated rings. The van der Waals surface area contributed by atoms with Crippen molar-refractivity contribution >= 4 is 0 Å². The molecule has 0 aromatic carbocycles. The van der Waals surface area contributed by atoms with Gasteiger partial charge in [-0.1, -0.05) is 0 Å². The molecule has 0 aromatic heterocycles. The number of nitrogens with zero attached hydrogens (tertiary/aromatic N) is 2. The molecule has 0 aromatic rings. The second-order valence-corrected chi connectivity index (χ2v) is 4.03. The fraction of sp³-hybridized carbons (Fsp3) is 0.833. The van der Waals surface area contributed by atoms with Crippen LogP contribution < -0.4 is 0 Å². The number of unbranched alkanes of at least 4 members (excludes halogenated alkanes) is 2. The predicted octanol–water partition coefficient (Wildman–Crippen LogP) is 1.43. The van der Waals surface area contributed by atoms with Crippen LogP contribution in [0.5, 0.6) is 0 Å². The molecule has 1 aliphatic rings. The fourth-order valence-electron chi connectivity index (χ4n) is 1.75. The monoisotopic (exact) mass is 194 g/mol. The minimum atomic E-state index is 1.07. The summed E-state index contributed by atoms with van der Waals surface area (Å²) >= 11 is 0. The number of hydrogen-bond donors (Lipinski definition) is 0. The van der Waals surface area contributed by atoms with Crippen LogP contribution >= 0.6 is 0 Å². The van der Waals surface area contributed by atoms with Crippen molar-refractivity contribution in [3.05, 3.63) is 0 Å². The highest BCUT2D eigenvalue weighted by Gasteiger charge is 2.12. The third kappa shape index (κ3) is 4.64. The van der Waals surface area contributed by atoms with Crippen molar-refractivity contribution in [3.8, 4) is 11.8 Å². The van der Waals surface area contributed by atoms with Crippen LogP contribution in [0.25, 0.3) is 0 Å². The van der Waals surface area contributed by atoms with E-state index in [4.69, 9.17) is 0 Å². The van der Waals surface area contributed by atoms with Gasteiger partial charge >= 0.3 is 0 Å². The molecule has 1 rings (SSSR count). The van der Waals surface area contributed by atoms with Crippen LogP contribution in [0.15, 0.2) is 0 Å². The van der Waals surface area contributed by atoms with E-state index in [-0.39, 0.29) is 0 Å². The van der Waals surface area contributed by atoms with Gasteiger partial charge in [-0.05, 0) is 33.4 Å². The van der Waals surface area contributed by atoms with Crippen molar-refractivity contribution in [2.24, 2.45) is 0 Å². The van der Waals surface area contributed by atoms with Gasteiger partial charge in [-0.3, -0.25) is 0 Å². The van der Waals surface area contributed by atoms with Crippen LogP contribution in [0.2, 0.25) is 0 Å². The Morgan fingerprint density at radius 2 is 1.79 bits per heavy atom. The smallest absolute Gasteiger partial charge is 0.0110 e. The summed E-state index contributed by atoms with van der Waals surface area (Å²) in [6.07, 6.45) is 3.63. The van der Waals surface area contributed by atoms with Crippen LogP contribution in [0, 0.1) is 11.8 Å². The maximum Gasteiger partial charge on any atom is 0.0110 e. The fourth-order valence-corrected chi connectivity index (χ4v) is 1.75. The molecule has 0 amide bonds. The molecule has 2 heteroatoms. The molecule has 0 spiro atoms. The van der Waals surface area contributed by atoms with E-state index in [1.807, 2.05) is 6.92 Å². The van der Waals surface area contributed by atoms with E-state index in [0.717, 1.165) is 6.42 Å². The van der Waals surface area contributed by atoms with E-state index in [0.29, 0.717) is 0 Å². The molecule has 0 bridgehead atoms. The summed E-state index contributed by atoms with van der Waals surface area (Å²) in [4.78, 5) is 4.97. The number of hydrogen-bond acceptors (Lipinski definition) is 2. The van der Waals surface area contributed by atoms with Crippen LogP contribution in [-0.2, 0) is 0 Å². The van der Waals surface area contributed by atoms with Gasteiger partial charge in [0.2, 0.25) is 0 Å². The Kier molecular flexibility index (Phi) is 5.66. The highest BCUT2D eigenvalue weighted by atomic mass is 15.2. The molecule has 0 unspecified atom stereocenters. The van der Waals surface area contributed by atoms with Gasteiger partial charge < -0.3 is 9.80 Å². The maximum absolute atomic E-state index is 3.12.